The van der Waals surface area contributed by atoms with E-state index < -0.39 is 57.1 Å². The number of fused-ring (bicyclic) bond motifs is 4. The van der Waals surface area contributed by atoms with E-state index in [-0.39, 0.29) is 90.4 Å². The normalized spacial score (nSPS) is 19.2. The number of nitrogens with one attached hydrogen (secondary N) is 4. The van der Waals surface area contributed by atoms with Crippen LogP contribution in [0.4, 0.5) is 17.5 Å². The quantitative estimate of drug-likeness (QED) is 0.00822. The summed E-state index contributed by atoms with van der Waals surface area (Å²) >= 11 is 5.65. The van der Waals surface area contributed by atoms with Crippen molar-refractivity contribution < 1.29 is 56.0 Å². The molecule has 7 heterocycles. The van der Waals surface area contributed by atoms with Gasteiger partial charge in [0, 0.05) is 49.2 Å². The summed E-state index contributed by atoms with van der Waals surface area (Å²) < 4.78 is 72.2. The Morgan fingerprint density at radius 1 is 0.796 bits per heavy atom. The Hall–Kier alpha value is -8.15. The number of para-hydroxylation sites is 1. The summed E-state index contributed by atoms with van der Waals surface area (Å²) in [6, 6.07) is 27.9. The highest BCUT2D eigenvalue weighted by Crippen LogP contribution is 2.54. The Kier molecular flexibility index (Phi) is 24.4. The van der Waals surface area contributed by atoms with Crippen LogP contribution in [0, 0.1) is 5.92 Å². The first kappa shape index (κ1) is 71.1. The van der Waals surface area contributed by atoms with Gasteiger partial charge in [-0.15, -0.1) is 4.52 Å². The minimum Gasteiger partial charge on any atom is -0.492 e. The van der Waals surface area contributed by atoms with E-state index in [0.717, 1.165) is 53.8 Å². The summed E-state index contributed by atoms with van der Waals surface area (Å²) in [5.41, 5.74) is 31.1. The number of nitrogen functional groups attached to an aromatic ring is 2. The van der Waals surface area contributed by atoms with Crippen molar-refractivity contribution in [3.63, 3.8) is 0 Å². The number of unbranched alkanes of at least 4 members (excludes halogenated alkanes) is 4. The lowest BCUT2D eigenvalue weighted by atomic mass is 9.95. The fourth-order valence-corrected chi connectivity index (χ4v) is 15.4. The number of nitrogens with zero attached hydrogens (tertiary/aromatic N) is 8. The van der Waals surface area contributed by atoms with E-state index >= 15 is 0 Å². The second-order valence-electron chi connectivity index (χ2n) is 23.6. The topological polar surface area (TPSA) is 401 Å². The zero-order valence-corrected chi connectivity index (χ0v) is 57.8. The smallest absolute Gasteiger partial charge is 0.492 e. The molecule has 4 aromatic carbocycles. The van der Waals surface area contributed by atoms with Gasteiger partial charge in [-0.3, -0.25) is 38.6 Å². The molecule has 8 unspecified atom stereocenters. The molecule has 8 atom stereocenters. The molecule has 2 saturated heterocycles. The molecule has 11 rings (SSSR count). The monoisotopic (exact) mass is 1430 g/mol. The van der Waals surface area contributed by atoms with Crippen molar-refractivity contribution in [3.05, 3.63) is 154 Å². The number of hydrogen-bond donors (Lipinski definition) is 8. The summed E-state index contributed by atoms with van der Waals surface area (Å²) in [5.74, 6) is 0.379. The van der Waals surface area contributed by atoms with Crippen LogP contribution in [0.3, 0.4) is 0 Å². The van der Waals surface area contributed by atoms with Crippen molar-refractivity contribution in [2.45, 2.75) is 114 Å². The summed E-state index contributed by atoms with van der Waals surface area (Å²) in [7, 11) is -2.01. The molecule has 0 aliphatic carbocycles. The molecule has 2 amide bonds. The number of ether oxygens (including phenoxy) is 4. The first-order valence-electron chi connectivity index (χ1n) is 32.0. The van der Waals surface area contributed by atoms with Gasteiger partial charge in [-0.2, -0.15) is 4.98 Å². The highest BCUT2D eigenvalue weighted by molar-refractivity contribution is 8.55. The predicted octanol–water partition coefficient (Wildman–Crippen LogP) is 9.08. The first-order valence-corrected chi connectivity index (χ1v) is 38.2. The number of aromatic amines is 1. The number of hydrogen-bond acceptors (Lipinski definition) is 24. The van der Waals surface area contributed by atoms with Crippen LogP contribution in [0.25, 0.3) is 33.7 Å². The third kappa shape index (κ3) is 18.2. The Balaban J connectivity index is 0.635. The van der Waals surface area contributed by atoms with Gasteiger partial charge in [0.25, 0.3) is 5.56 Å². The Bertz CT molecular complexity index is 4300. The van der Waals surface area contributed by atoms with Crippen LogP contribution in [-0.2, 0) is 65.9 Å². The molecule has 34 heteroatoms. The molecule has 3 aliphatic heterocycles. The van der Waals surface area contributed by atoms with Crippen LogP contribution in [-0.4, -0.2) is 115 Å². The lowest BCUT2D eigenvalue weighted by molar-refractivity contribution is -0.122. The highest BCUT2D eigenvalue weighted by Gasteiger charge is 2.44. The number of aromatic nitrogens is 8. The second kappa shape index (κ2) is 33.6. The number of rotatable bonds is 33. The molecule has 98 heavy (non-hydrogen) atoms. The fraction of sp³-hybridized carbons (Fsp3) is 0.391. The van der Waals surface area contributed by atoms with E-state index in [4.69, 9.17) is 67.0 Å². The third-order valence-electron chi connectivity index (χ3n) is 16.8. The van der Waals surface area contributed by atoms with Gasteiger partial charge in [-0.05, 0) is 119 Å². The van der Waals surface area contributed by atoms with Crippen molar-refractivity contribution in [2.24, 2.45) is 17.2 Å². The van der Waals surface area contributed by atoms with Crippen LogP contribution in [0.5, 0.6) is 11.5 Å². The number of carbonyl (C=O) groups excluding carboxylic acids is 3. The number of nitrogens with two attached hydrogens (primary N) is 4. The number of amides is 2. The van der Waals surface area contributed by atoms with Crippen LogP contribution in [0.1, 0.15) is 116 Å². The fourth-order valence-electron chi connectivity index (χ4n) is 11.7. The van der Waals surface area contributed by atoms with Crippen molar-refractivity contribution >= 4 is 115 Å². The summed E-state index contributed by atoms with van der Waals surface area (Å²) in [5, 5.41) is 9.49. The average Bonchev–Trinajstić information content (AvgIpc) is 1.42. The molecule has 0 saturated carbocycles. The minimum absolute atomic E-state index is 0.00109. The van der Waals surface area contributed by atoms with Crippen LogP contribution < -0.4 is 58.4 Å². The lowest BCUT2D eigenvalue weighted by Crippen LogP contribution is -2.35. The molecule has 4 aromatic heterocycles. The van der Waals surface area contributed by atoms with Gasteiger partial charge in [-0.25, -0.2) is 24.7 Å². The van der Waals surface area contributed by atoms with E-state index in [2.05, 4.69) is 45.6 Å². The predicted molar refractivity (Wildman–Crippen MR) is 375 cm³/mol. The van der Waals surface area contributed by atoms with Gasteiger partial charge in [0.15, 0.2) is 22.6 Å². The molecule has 8 aromatic rings. The molecule has 2 fully saturated rings. The third-order valence-corrected chi connectivity index (χ3v) is 21.5. The maximum atomic E-state index is 14.1. The van der Waals surface area contributed by atoms with E-state index in [1.807, 2.05) is 55.5 Å². The van der Waals surface area contributed by atoms with E-state index in [1.165, 1.54) is 17.2 Å². The van der Waals surface area contributed by atoms with Gasteiger partial charge in [-0.1, -0.05) is 79.4 Å². The Morgan fingerprint density at radius 3 is 2.32 bits per heavy atom. The summed E-state index contributed by atoms with van der Waals surface area (Å²) in [6.45, 7) is -0.0498. The second-order valence-corrected chi connectivity index (χ2v) is 29.7. The zero-order chi connectivity index (χ0) is 68.7. The van der Waals surface area contributed by atoms with E-state index in [9.17, 15) is 28.3 Å². The maximum Gasteiger partial charge on any atom is 0.613 e. The SMILES string of the molecule is CC1CC(n2cnc3c(N)ncnc32)OC1CO[P+](=O)NC1CC(n2cnc3c(=O)[nH]c(N)nc32)OC1COP(N)(=O)SCc1ccc(OC(=O)c2ccc(OCCNC3=C(N)c4ccccc4CN(C(=O)CCCCC(=O)NCCCCCCOP=S)c4ccccc43)cc2)cc1. The van der Waals surface area contributed by atoms with Crippen LogP contribution in [0.2, 0.25) is 0 Å². The van der Waals surface area contributed by atoms with Gasteiger partial charge in [0.2, 0.25) is 17.8 Å². The van der Waals surface area contributed by atoms with Crippen LogP contribution in [0.15, 0.2) is 121 Å². The Labute approximate surface area is 575 Å². The van der Waals surface area contributed by atoms with E-state index in [1.54, 1.807) is 64.3 Å². The minimum atomic E-state index is -3.88. The summed E-state index contributed by atoms with van der Waals surface area (Å²) in [6.07, 6.45) is 8.14. The number of esters is 1. The number of carbonyl (C=O) groups is 3. The molecule has 516 valence electrons. The standard InChI is InChI=1S/C64H75N16O13P3S2/c1-39-30-53(79-37-73-57-59(66)71-36-72-60(57)79)92-49(39)33-89-95(85)77-47-31-54(80-38-74-58-61(80)75-64(67)76-62(58)83)93-50(47)34-90-96(68,86)98-35-40-18-22-44(23-19-40)91-63(84)41-20-24-43(25-21-41)87-29-27-70-56-46-14-6-7-15-48(46)78(32-42-12-4-5-13-45(42)55(56)65)52(82)17-9-8-16-51(81)69-26-10-2-3-11-28-88-94-97/h4-7,12-15,18-25,36-39,47,49-50,53-54,70H,2-3,8-11,16-17,26-35,65H2,1H3,(H8-,66,67,68,69,71,72,75,76,77,81,83,85,86)/p+1. The molecule has 29 nitrogen and oxygen atoms in total. The number of H-pyrrole nitrogens is 1. The van der Waals surface area contributed by atoms with Gasteiger partial charge >= 0.3 is 20.9 Å². The lowest BCUT2D eigenvalue weighted by Gasteiger charge is -2.30. The summed E-state index contributed by atoms with van der Waals surface area (Å²) in [4.78, 5) is 78.1. The van der Waals surface area contributed by atoms with Crippen LogP contribution >= 0.6 is 33.9 Å². The molecular formula is C64H76N16O13P3S2+. The molecule has 3 aliphatic rings. The van der Waals surface area contributed by atoms with Gasteiger partial charge < -0.3 is 60.7 Å². The highest BCUT2D eigenvalue weighted by atomic mass is 32.7. The van der Waals surface area contributed by atoms with Crippen molar-refractivity contribution in [1.29, 1.82) is 0 Å². The largest absolute Gasteiger partial charge is 0.613 e. The molecule has 0 bridgehead atoms. The van der Waals surface area contributed by atoms with Crippen molar-refractivity contribution in [2.75, 3.05) is 55.9 Å². The molecular weight excluding hydrogens is 1360 g/mol. The van der Waals surface area contributed by atoms with Gasteiger partial charge in [0.1, 0.15) is 62.7 Å². The van der Waals surface area contributed by atoms with Crippen molar-refractivity contribution in [3.8, 4) is 11.5 Å². The van der Waals surface area contributed by atoms with Gasteiger partial charge in [0.05, 0.1) is 67.2 Å². The molecule has 0 spiro atoms. The maximum absolute atomic E-state index is 14.1. The average molecular weight is 1430 g/mol. The number of benzene rings is 4. The molecule has 12 N–H and O–H groups in total. The number of imidazole rings is 2. The van der Waals surface area contributed by atoms with E-state index in [0.29, 0.717) is 99.1 Å². The molecule has 0 radical (unpaired) electrons. The zero-order valence-electron chi connectivity index (χ0n) is 53.5. The van der Waals surface area contributed by atoms with Crippen molar-refractivity contribution in [1.82, 2.24) is 54.8 Å². The number of anilines is 3. The first-order chi connectivity index (χ1) is 47.5. The Morgan fingerprint density at radius 2 is 1.51 bits per heavy atom.